The molecule has 1 fully saturated rings. The van der Waals surface area contributed by atoms with Gasteiger partial charge in [-0.15, -0.1) is 0 Å². The minimum absolute atomic E-state index is 0.0763. The summed E-state index contributed by atoms with van der Waals surface area (Å²) in [5.41, 5.74) is -0.0763. The molecule has 0 spiro atoms. The van der Waals surface area contributed by atoms with Crippen LogP contribution in [0.3, 0.4) is 0 Å². The average molecular weight is 284 g/mol. The molecule has 0 saturated heterocycles. The average Bonchev–Trinajstić information content (AvgIpc) is 3.25. The maximum absolute atomic E-state index is 9.65. The first-order valence-electron chi connectivity index (χ1n) is 8.67. The topological polar surface area (TPSA) is 35.5 Å². The van der Waals surface area contributed by atoms with Crippen molar-refractivity contribution in [2.45, 2.75) is 90.3 Å². The van der Waals surface area contributed by atoms with E-state index in [9.17, 15) is 5.11 Å². The van der Waals surface area contributed by atoms with Crippen LogP contribution in [-0.4, -0.2) is 47.3 Å². The van der Waals surface area contributed by atoms with Crippen LogP contribution in [0.4, 0.5) is 0 Å². The van der Waals surface area contributed by atoms with Crippen LogP contribution < -0.4 is 5.32 Å². The van der Waals surface area contributed by atoms with Crippen LogP contribution in [0, 0.1) is 0 Å². The Morgan fingerprint density at radius 3 is 2.40 bits per heavy atom. The second kappa shape index (κ2) is 9.01. The van der Waals surface area contributed by atoms with Gasteiger partial charge in [0.2, 0.25) is 0 Å². The number of hydrogen-bond donors (Lipinski definition) is 2. The molecule has 0 aromatic carbocycles. The van der Waals surface area contributed by atoms with Gasteiger partial charge in [-0.3, -0.25) is 0 Å². The van der Waals surface area contributed by atoms with E-state index in [1.807, 2.05) is 0 Å². The lowest BCUT2D eigenvalue weighted by Gasteiger charge is -2.32. The van der Waals surface area contributed by atoms with E-state index in [1.165, 1.54) is 45.1 Å². The molecule has 0 aliphatic heterocycles. The Bertz CT molecular complexity index is 255. The number of rotatable bonds is 12. The summed E-state index contributed by atoms with van der Waals surface area (Å²) >= 11 is 0. The first kappa shape index (κ1) is 17.9. The molecule has 2 unspecified atom stereocenters. The summed E-state index contributed by atoms with van der Waals surface area (Å²) < 4.78 is 0. The van der Waals surface area contributed by atoms with E-state index in [4.69, 9.17) is 0 Å². The first-order chi connectivity index (χ1) is 9.54. The van der Waals surface area contributed by atoms with Gasteiger partial charge in [0.25, 0.3) is 0 Å². The van der Waals surface area contributed by atoms with Crippen LogP contribution in [0.2, 0.25) is 0 Å². The molecule has 3 heteroatoms. The molecule has 0 aromatic heterocycles. The third-order valence-corrected chi connectivity index (χ3v) is 4.67. The summed E-state index contributed by atoms with van der Waals surface area (Å²) in [5, 5.41) is 13.3. The highest BCUT2D eigenvalue weighted by Crippen LogP contribution is 2.24. The highest BCUT2D eigenvalue weighted by Gasteiger charge is 2.31. The Kier molecular flexibility index (Phi) is 8.08. The zero-order valence-corrected chi connectivity index (χ0v) is 14.1. The summed E-state index contributed by atoms with van der Waals surface area (Å²) in [6.07, 6.45) is 8.59. The number of aliphatic hydroxyl groups excluding tert-OH is 1. The molecule has 2 N–H and O–H groups in total. The molecule has 0 radical (unpaired) electrons. The van der Waals surface area contributed by atoms with Gasteiger partial charge in [-0.25, -0.2) is 0 Å². The van der Waals surface area contributed by atoms with Gasteiger partial charge in [-0.05, 0) is 65.5 Å². The lowest BCUT2D eigenvalue weighted by molar-refractivity contribution is 0.145. The fraction of sp³-hybridized carbons (Fsp3) is 1.00. The molecule has 20 heavy (non-hydrogen) atoms. The van der Waals surface area contributed by atoms with Crippen LogP contribution in [0.15, 0.2) is 0 Å². The molecule has 120 valence electrons. The van der Waals surface area contributed by atoms with Gasteiger partial charge < -0.3 is 15.3 Å². The summed E-state index contributed by atoms with van der Waals surface area (Å²) in [6, 6.07) is 1.34. The third kappa shape index (κ3) is 6.55. The smallest absolute Gasteiger partial charge is 0.0610 e. The molecule has 0 bridgehead atoms. The molecule has 0 aromatic rings. The van der Waals surface area contributed by atoms with Crippen molar-refractivity contribution in [1.82, 2.24) is 10.2 Å². The van der Waals surface area contributed by atoms with Gasteiger partial charge >= 0.3 is 0 Å². The standard InChI is InChI=1S/C17H36N2O/c1-5-7-12-19(15(3)6-2)13-8-11-17(4,14-20)18-16-9-10-16/h15-16,18,20H,5-14H2,1-4H3. The van der Waals surface area contributed by atoms with E-state index in [2.05, 4.69) is 37.9 Å². The largest absolute Gasteiger partial charge is 0.394 e. The molecule has 1 rings (SSSR count). The Morgan fingerprint density at radius 1 is 1.25 bits per heavy atom. The summed E-state index contributed by atoms with van der Waals surface area (Å²) in [5.74, 6) is 0. The molecular formula is C17H36N2O. The minimum Gasteiger partial charge on any atom is -0.394 e. The summed E-state index contributed by atoms with van der Waals surface area (Å²) in [6.45, 7) is 11.7. The van der Waals surface area contributed by atoms with Crippen LogP contribution in [0.1, 0.15) is 72.6 Å². The zero-order chi connectivity index (χ0) is 15.0. The molecule has 2 atom stereocenters. The quantitative estimate of drug-likeness (QED) is 0.578. The predicted molar refractivity (Wildman–Crippen MR) is 87.1 cm³/mol. The Hall–Kier alpha value is -0.120. The number of aliphatic hydroxyl groups is 1. The van der Waals surface area contributed by atoms with Gasteiger partial charge in [-0.1, -0.05) is 20.3 Å². The van der Waals surface area contributed by atoms with E-state index in [1.54, 1.807) is 0 Å². The van der Waals surface area contributed by atoms with Gasteiger partial charge in [-0.2, -0.15) is 0 Å². The van der Waals surface area contributed by atoms with Crippen molar-refractivity contribution < 1.29 is 5.11 Å². The minimum atomic E-state index is -0.0763. The Balaban J connectivity index is 2.32. The van der Waals surface area contributed by atoms with E-state index in [0.717, 1.165) is 13.0 Å². The molecule has 1 aliphatic carbocycles. The van der Waals surface area contributed by atoms with Crippen molar-refractivity contribution in [3.05, 3.63) is 0 Å². The first-order valence-corrected chi connectivity index (χ1v) is 8.67. The van der Waals surface area contributed by atoms with Crippen LogP contribution in [0.5, 0.6) is 0 Å². The molecule has 1 saturated carbocycles. The number of hydrogen-bond acceptors (Lipinski definition) is 3. The molecule has 0 amide bonds. The van der Waals surface area contributed by atoms with E-state index in [0.29, 0.717) is 12.1 Å². The van der Waals surface area contributed by atoms with E-state index in [-0.39, 0.29) is 12.1 Å². The van der Waals surface area contributed by atoms with Crippen molar-refractivity contribution in [3.63, 3.8) is 0 Å². The van der Waals surface area contributed by atoms with Crippen LogP contribution in [-0.2, 0) is 0 Å². The highest BCUT2D eigenvalue weighted by atomic mass is 16.3. The maximum Gasteiger partial charge on any atom is 0.0610 e. The number of unbranched alkanes of at least 4 members (excludes halogenated alkanes) is 1. The van der Waals surface area contributed by atoms with Crippen molar-refractivity contribution >= 4 is 0 Å². The molecule has 3 nitrogen and oxygen atoms in total. The van der Waals surface area contributed by atoms with E-state index < -0.39 is 0 Å². The number of nitrogens with zero attached hydrogens (tertiary/aromatic N) is 1. The van der Waals surface area contributed by atoms with Gasteiger partial charge in [0, 0.05) is 17.6 Å². The monoisotopic (exact) mass is 284 g/mol. The second-order valence-corrected chi connectivity index (χ2v) is 6.89. The van der Waals surface area contributed by atoms with Crippen molar-refractivity contribution in [1.29, 1.82) is 0 Å². The Morgan fingerprint density at radius 2 is 1.90 bits per heavy atom. The van der Waals surface area contributed by atoms with Crippen molar-refractivity contribution in [2.75, 3.05) is 19.7 Å². The third-order valence-electron chi connectivity index (χ3n) is 4.67. The highest BCUT2D eigenvalue weighted by molar-refractivity contribution is 4.92. The molecular weight excluding hydrogens is 248 g/mol. The summed E-state index contributed by atoms with van der Waals surface area (Å²) in [7, 11) is 0. The van der Waals surface area contributed by atoms with Crippen molar-refractivity contribution in [3.8, 4) is 0 Å². The van der Waals surface area contributed by atoms with Gasteiger partial charge in [0.1, 0.15) is 0 Å². The molecule has 0 heterocycles. The van der Waals surface area contributed by atoms with Crippen molar-refractivity contribution in [2.24, 2.45) is 0 Å². The second-order valence-electron chi connectivity index (χ2n) is 6.89. The van der Waals surface area contributed by atoms with E-state index >= 15 is 0 Å². The SMILES string of the molecule is CCCCN(CCCC(C)(CO)NC1CC1)C(C)CC. The fourth-order valence-corrected chi connectivity index (χ4v) is 2.76. The van der Waals surface area contributed by atoms with Crippen LogP contribution >= 0.6 is 0 Å². The summed E-state index contributed by atoms with van der Waals surface area (Å²) in [4.78, 5) is 2.62. The zero-order valence-electron chi connectivity index (χ0n) is 14.1. The fourth-order valence-electron chi connectivity index (χ4n) is 2.76. The lowest BCUT2D eigenvalue weighted by atomic mass is 9.96. The lowest BCUT2D eigenvalue weighted by Crippen LogP contribution is -2.47. The maximum atomic E-state index is 9.65. The predicted octanol–water partition coefficient (Wildman–Crippen LogP) is 3.17. The normalized spacial score (nSPS) is 20.1. The van der Waals surface area contributed by atoms with Crippen LogP contribution in [0.25, 0.3) is 0 Å². The van der Waals surface area contributed by atoms with Gasteiger partial charge in [0.05, 0.1) is 6.61 Å². The Labute approximate surface area is 126 Å². The van der Waals surface area contributed by atoms with Gasteiger partial charge in [0.15, 0.2) is 0 Å². The molecule has 1 aliphatic rings. The number of nitrogens with one attached hydrogen (secondary N) is 1.